The van der Waals surface area contributed by atoms with Crippen LogP contribution in [0.2, 0.25) is 5.02 Å². The molecule has 0 unspecified atom stereocenters. The Balaban J connectivity index is 1.29. The minimum atomic E-state index is -0.563. The second kappa shape index (κ2) is 10.7. The number of nitrogens with one attached hydrogen (secondary N) is 2. The quantitative estimate of drug-likeness (QED) is 0.254. The minimum absolute atomic E-state index is 0.0986. The molecule has 38 heavy (non-hydrogen) atoms. The molecule has 1 aliphatic carbocycles. The highest BCUT2D eigenvalue weighted by molar-refractivity contribution is 6.32. The molecule has 2 heterocycles. The lowest BCUT2D eigenvalue weighted by Crippen LogP contribution is -2.47. The van der Waals surface area contributed by atoms with Crippen LogP contribution in [0.1, 0.15) is 19.3 Å². The molecule has 1 amide bonds. The third-order valence-electron chi connectivity index (χ3n) is 6.75. The number of hydrogen-bond acceptors (Lipinski definition) is 7. The van der Waals surface area contributed by atoms with Crippen LogP contribution in [-0.4, -0.2) is 36.6 Å². The molecule has 0 bridgehead atoms. The molecule has 1 fully saturated rings. The van der Waals surface area contributed by atoms with Crippen molar-refractivity contribution in [2.24, 2.45) is 5.41 Å². The van der Waals surface area contributed by atoms with E-state index in [9.17, 15) is 9.18 Å². The van der Waals surface area contributed by atoms with E-state index in [1.165, 1.54) is 12.1 Å². The molecule has 4 aromatic rings. The van der Waals surface area contributed by atoms with Gasteiger partial charge >= 0.3 is 0 Å². The Hall–Kier alpha value is -4.11. The van der Waals surface area contributed by atoms with Gasteiger partial charge in [0.05, 0.1) is 37.0 Å². The topological polar surface area (TPSA) is 94.6 Å². The first-order chi connectivity index (χ1) is 18.4. The van der Waals surface area contributed by atoms with Crippen LogP contribution in [0, 0.1) is 11.2 Å². The molecule has 196 valence electrons. The van der Waals surface area contributed by atoms with Crippen molar-refractivity contribution >= 4 is 39.8 Å². The summed E-state index contributed by atoms with van der Waals surface area (Å²) in [5.41, 5.74) is 1.33. The molecule has 8 nitrogen and oxygen atoms in total. The number of rotatable bonds is 9. The highest BCUT2D eigenvalue weighted by Crippen LogP contribution is 2.43. The summed E-state index contributed by atoms with van der Waals surface area (Å²) in [7, 11) is 3.12. The van der Waals surface area contributed by atoms with Gasteiger partial charge in [0.1, 0.15) is 16.6 Å². The van der Waals surface area contributed by atoms with Crippen LogP contribution in [0.3, 0.4) is 0 Å². The van der Waals surface area contributed by atoms with Crippen molar-refractivity contribution in [2.45, 2.75) is 19.3 Å². The number of nitrogens with zero attached hydrogens (tertiary/aromatic N) is 2. The van der Waals surface area contributed by atoms with E-state index in [1.807, 2.05) is 0 Å². The van der Waals surface area contributed by atoms with Crippen LogP contribution in [0.15, 0.2) is 60.9 Å². The van der Waals surface area contributed by atoms with Gasteiger partial charge in [-0.05, 0) is 55.3 Å². The van der Waals surface area contributed by atoms with Crippen molar-refractivity contribution in [1.29, 1.82) is 0 Å². The molecule has 0 spiro atoms. The second-order valence-corrected chi connectivity index (χ2v) is 9.50. The van der Waals surface area contributed by atoms with Crippen LogP contribution >= 0.6 is 11.6 Å². The van der Waals surface area contributed by atoms with Gasteiger partial charge in [0.15, 0.2) is 11.5 Å². The zero-order chi connectivity index (χ0) is 26.7. The smallest absolute Gasteiger partial charge is 0.238 e. The second-order valence-electron chi connectivity index (χ2n) is 9.09. The SMILES string of the molecule is COc1cc2nccc(Oc3ncc(NCC4(C(=O)Nc5ccc(F)cc5)CCC4)cc3Cl)c2cc1OC. The number of fused-ring (bicyclic) bond motifs is 1. The van der Waals surface area contributed by atoms with E-state index in [0.29, 0.717) is 51.1 Å². The van der Waals surface area contributed by atoms with Gasteiger partial charge in [0, 0.05) is 29.9 Å². The van der Waals surface area contributed by atoms with Gasteiger partial charge in [-0.25, -0.2) is 9.37 Å². The number of amides is 1. The van der Waals surface area contributed by atoms with E-state index >= 15 is 0 Å². The number of benzene rings is 2. The molecule has 0 aliphatic heterocycles. The van der Waals surface area contributed by atoms with Crippen LogP contribution in [0.5, 0.6) is 23.1 Å². The monoisotopic (exact) mass is 536 g/mol. The normalized spacial score (nSPS) is 13.9. The number of methoxy groups -OCH3 is 2. The zero-order valence-corrected chi connectivity index (χ0v) is 21.6. The number of anilines is 2. The molecule has 0 saturated heterocycles. The predicted molar refractivity (Wildman–Crippen MR) is 144 cm³/mol. The van der Waals surface area contributed by atoms with Gasteiger partial charge in [-0.3, -0.25) is 9.78 Å². The fourth-order valence-electron chi connectivity index (χ4n) is 4.39. The van der Waals surface area contributed by atoms with E-state index in [0.717, 1.165) is 19.3 Å². The van der Waals surface area contributed by atoms with E-state index in [2.05, 4.69) is 20.6 Å². The Labute approximate surface area is 224 Å². The summed E-state index contributed by atoms with van der Waals surface area (Å²) in [6.45, 7) is 0.412. The number of pyridine rings is 2. The maximum atomic E-state index is 13.2. The molecule has 0 atom stereocenters. The average molecular weight is 537 g/mol. The lowest BCUT2D eigenvalue weighted by molar-refractivity contribution is -0.129. The molecular formula is C28H26ClFN4O4. The summed E-state index contributed by atoms with van der Waals surface area (Å²) >= 11 is 6.52. The van der Waals surface area contributed by atoms with Crippen LogP contribution in [-0.2, 0) is 4.79 Å². The largest absolute Gasteiger partial charge is 0.493 e. The fraction of sp³-hybridized carbons (Fsp3) is 0.250. The standard InChI is InChI=1S/C28H26ClFN4O4/c1-36-24-13-20-22(14-25(24)37-2)31-11-8-23(20)38-26-21(29)12-19(15-32-26)33-16-28(9-3-10-28)27(35)34-18-6-4-17(30)5-7-18/h4-8,11-15,33H,3,9-10,16H2,1-2H3,(H,34,35). The molecule has 1 aliphatic rings. The van der Waals surface area contributed by atoms with Gasteiger partial charge in [-0.15, -0.1) is 0 Å². The summed E-state index contributed by atoms with van der Waals surface area (Å²) in [4.78, 5) is 21.8. The third kappa shape index (κ3) is 5.15. The van der Waals surface area contributed by atoms with Gasteiger partial charge in [0.2, 0.25) is 11.8 Å². The first-order valence-corrected chi connectivity index (χ1v) is 12.4. The Bertz CT molecular complexity index is 1480. The highest BCUT2D eigenvalue weighted by atomic mass is 35.5. The predicted octanol–water partition coefficient (Wildman–Crippen LogP) is 6.45. The number of halogens is 2. The number of carbonyl (C=O) groups is 1. The van der Waals surface area contributed by atoms with Crippen LogP contribution in [0.25, 0.3) is 10.9 Å². The van der Waals surface area contributed by atoms with Crippen molar-refractivity contribution in [3.05, 3.63) is 71.8 Å². The number of ether oxygens (including phenoxy) is 3. The Morgan fingerprint density at radius 3 is 2.39 bits per heavy atom. The maximum Gasteiger partial charge on any atom is 0.238 e. The summed E-state index contributed by atoms with van der Waals surface area (Å²) in [6.07, 6.45) is 5.69. The average Bonchev–Trinajstić information content (AvgIpc) is 2.90. The molecule has 10 heteroatoms. The van der Waals surface area contributed by atoms with Gasteiger partial charge < -0.3 is 24.8 Å². The van der Waals surface area contributed by atoms with Gasteiger partial charge in [-0.1, -0.05) is 18.0 Å². The molecule has 2 N–H and O–H groups in total. The molecule has 0 radical (unpaired) electrons. The number of aromatic nitrogens is 2. The summed E-state index contributed by atoms with van der Waals surface area (Å²) in [6, 6.07) is 12.7. The number of carbonyl (C=O) groups excluding carboxylic acids is 1. The van der Waals surface area contributed by atoms with Crippen molar-refractivity contribution in [1.82, 2.24) is 9.97 Å². The van der Waals surface area contributed by atoms with Crippen molar-refractivity contribution < 1.29 is 23.4 Å². The molecular weight excluding hydrogens is 511 g/mol. The first-order valence-electron chi connectivity index (χ1n) is 12.1. The van der Waals surface area contributed by atoms with E-state index < -0.39 is 5.41 Å². The molecule has 1 saturated carbocycles. The van der Waals surface area contributed by atoms with Crippen molar-refractivity contribution in [3.63, 3.8) is 0 Å². The van der Waals surface area contributed by atoms with E-state index in [-0.39, 0.29) is 17.6 Å². The number of hydrogen-bond donors (Lipinski definition) is 2. The first kappa shape index (κ1) is 25.5. The van der Waals surface area contributed by atoms with Gasteiger partial charge in [0.25, 0.3) is 0 Å². The minimum Gasteiger partial charge on any atom is -0.493 e. The van der Waals surface area contributed by atoms with E-state index in [1.54, 1.807) is 63.0 Å². The van der Waals surface area contributed by atoms with Crippen molar-refractivity contribution in [3.8, 4) is 23.1 Å². The molecule has 2 aromatic carbocycles. The molecule has 5 rings (SSSR count). The van der Waals surface area contributed by atoms with Crippen molar-refractivity contribution in [2.75, 3.05) is 31.4 Å². The summed E-state index contributed by atoms with van der Waals surface area (Å²) in [5.74, 6) is 1.40. The Morgan fingerprint density at radius 2 is 1.74 bits per heavy atom. The van der Waals surface area contributed by atoms with Crippen LogP contribution in [0.4, 0.5) is 15.8 Å². The van der Waals surface area contributed by atoms with Gasteiger partial charge in [-0.2, -0.15) is 0 Å². The lowest BCUT2D eigenvalue weighted by Gasteiger charge is -2.40. The third-order valence-corrected chi connectivity index (χ3v) is 7.02. The lowest BCUT2D eigenvalue weighted by atomic mass is 9.68. The maximum absolute atomic E-state index is 13.2. The zero-order valence-electron chi connectivity index (χ0n) is 20.9. The van der Waals surface area contributed by atoms with Crippen LogP contribution < -0.4 is 24.8 Å². The summed E-state index contributed by atoms with van der Waals surface area (Å²) in [5, 5.41) is 7.20. The molecule has 2 aromatic heterocycles. The Kier molecular flexibility index (Phi) is 7.20. The fourth-order valence-corrected chi connectivity index (χ4v) is 4.60. The highest BCUT2D eigenvalue weighted by Gasteiger charge is 2.44. The Morgan fingerprint density at radius 1 is 1.00 bits per heavy atom. The summed E-state index contributed by atoms with van der Waals surface area (Å²) < 4.78 is 30.0. The van der Waals surface area contributed by atoms with E-state index in [4.69, 9.17) is 25.8 Å².